The maximum atomic E-state index is 12.1. The second-order valence-electron chi connectivity index (χ2n) is 5.79. The number of carbonyl (C=O) groups excluding carboxylic acids is 1. The molecule has 2 N–H and O–H groups in total. The van der Waals surface area contributed by atoms with E-state index in [0.717, 1.165) is 24.8 Å². The molecule has 0 spiro atoms. The summed E-state index contributed by atoms with van der Waals surface area (Å²) in [5.41, 5.74) is 0.885. The van der Waals surface area contributed by atoms with Crippen LogP contribution in [-0.4, -0.2) is 45.4 Å². The number of methoxy groups -OCH3 is 1. The molecule has 0 fully saturated rings. The van der Waals surface area contributed by atoms with E-state index in [-0.39, 0.29) is 11.7 Å². The van der Waals surface area contributed by atoms with Gasteiger partial charge in [-0.2, -0.15) is 13.2 Å². The second-order valence-corrected chi connectivity index (χ2v) is 5.79. The van der Waals surface area contributed by atoms with Crippen molar-refractivity contribution in [3.8, 4) is 5.75 Å². The SMILES string of the molecule is CN=C(NCCCCCC(=O)OC)NCc1ccc(OCC(F)(F)F)cc1. The van der Waals surface area contributed by atoms with E-state index in [1.54, 1.807) is 19.2 Å². The molecule has 9 heteroatoms. The highest BCUT2D eigenvalue weighted by molar-refractivity contribution is 5.79. The van der Waals surface area contributed by atoms with Gasteiger partial charge in [-0.05, 0) is 30.5 Å². The van der Waals surface area contributed by atoms with Gasteiger partial charge in [-0.3, -0.25) is 9.79 Å². The third-order valence-electron chi connectivity index (χ3n) is 3.59. The number of aliphatic imine (C=N–C) groups is 1. The lowest BCUT2D eigenvalue weighted by molar-refractivity contribution is -0.153. The number of unbranched alkanes of at least 4 members (excludes halogenated alkanes) is 2. The molecular weight excluding hydrogens is 363 g/mol. The van der Waals surface area contributed by atoms with Crippen molar-refractivity contribution >= 4 is 11.9 Å². The minimum atomic E-state index is -4.35. The van der Waals surface area contributed by atoms with Crippen LogP contribution in [0.15, 0.2) is 29.3 Å². The summed E-state index contributed by atoms with van der Waals surface area (Å²) in [5.74, 6) is 0.598. The molecule has 0 aliphatic carbocycles. The maximum absolute atomic E-state index is 12.1. The van der Waals surface area contributed by atoms with Crippen molar-refractivity contribution in [1.29, 1.82) is 0 Å². The first kappa shape index (κ1) is 22.6. The Labute approximate surface area is 157 Å². The number of alkyl halides is 3. The van der Waals surface area contributed by atoms with Gasteiger partial charge >= 0.3 is 12.1 Å². The zero-order chi connectivity index (χ0) is 20.1. The highest BCUT2D eigenvalue weighted by atomic mass is 19.4. The fourth-order valence-corrected chi connectivity index (χ4v) is 2.16. The largest absolute Gasteiger partial charge is 0.484 e. The van der Waals surface area contributed by atoms with Gasteiger partial charge in [0.25, 0.3) is 0 Å². The van der Waals surface area contributed by atoms with Gasteiger partial charge in [0.15, 0.2) is 12.6 Å². The van der Waals surface area contributed by atoms with Gasteiger partial charge in [0.2, 0.25) is 0 Å². The van der Waals surface area contributed by atoms with E-state index < -0.39 is 12.8 Å². The van der Waals surface area contributed by atoms with Crippen LogP contribution in [0.3, 0.4) is 0 Å². The number of nitrogens with one attached hydrogen (secondary N) is 2. The average Bonchev–Trinajstić information content (AvgIpc) is 2.65. The predicted octanol–water partition coefficient (Wildman–Crippen LogP) is 3.03. The van der Waals surface area contributed by atoms with Gasteiger partial charge in [0.05, 0.1) is 7.11 Å². The smallest absolute Gasteiger partial charge is 0.422 e. The maximum Gasteiger partial charge on any atom is 0.422 e. The molecule has 1 aromatic carbocycles. The zero-order valence-corrected chi connectivity index (χ0v) is 15.6. The van der Waals surface area contributed by atoms with Gasteiger partial charge in [-0.25, -0.2) is 0 Å². The number of ether oxygens (including phenoxy) is 2. The van der Waals surface area contributed by atoms with Crippen molar-refractivity contribution in [1.82, 2.24) is 10.6 Å². The number of benzene rings is 1. The summed E-state index contributed by atoms with van der Waals surface area (Å²) in [5, 5.41) is 6.29. The molecule has 1 rings (SSSR count). The summed E-state index contributed by atoms with van der Waals surface area (Å²) in [7, 11) is 3.03. The molecule has 6 nitrogen and oxygen atoms in total. The fraction of sp³-hybridized carbons (Fsp3) is 0.556. The Bertz CT molecular complexity index is 590. The van der Waals surface area contributed by atoms with E-state index in [1.807, 2.05) is 0 Å². The van der Waals surface area contributed by atoms with E-state index >= 15 is 0 Å². The van der Waals surface area contributed by atoms with Crippen LogP contribution in [0.2, 0.25) is 0 Å². The van der Waals surface area contributed by atoms with Crippen LogP contribution in [0.1, 0.15) is 31.2 Å². The summed E-state index contributed by atoms with van der Waals surface area (Å²) < 4.78 is 45.6. The van der Waals surface area contributed by atoms with E-state index in [4.69, 9.17) is 0 Å². The Morgan fingerprint density at radius 2 is 1.81 bits per heavy atom. The molecule has 27 heavy (non-hydrogen) atoms. The van der Waals surface area contributed by atoms with Crippen LogP contribution in [0.25, 0.3) is 0 Å². The van der Waals surface area contributed by atoms with Gasteiger partial charge in [0, 0.05) is 26.6 Å². The van der Waals surface area contributed by atoms with Crippen molar-refractivity contribution < 1.29 is 27.4 Å². The summed E-state index contributed by atoms with van der Waals surface area (Å²) in [6.45, 7) is -0.118. The lowest BCUT2D eigenvalue weighted by atomic mass is 10.2. The molecule has 0 amide bonds. The number of esters is 1. The molecule has 0 aliphatic heterocycles. The molecular formula is C18H26F3N3O3. The number of hydrogen-bond donors (Lipinski definition) is 2. The van der Waals surface area contributed by atoms with E-state index in [1.165, 1.54) is 19.2 Å². The first-order valence-electron chi connectivity index (χ1n) is 8.64. The lowest BCUT2D eigenvalue weighted by Crippen LogP contribution is -2.37. The first-order chi connectivity index (χ1) is 12.8. The Morgan fingerprint density at radius 3 is 2.41 bits per heavy atom. The van der Waals surface area contributed by atoms with Gasteiger partial charge in [0.1, 0.15) is 5.75 Å². The number of rotatable bonds is 10. The van der Waals surface area contributed by atoms with Crippen LogP contribution >= 0.6 is 0 Å². The van der Waals surface area contributed by atoms with Gasteiger partial charge < -0.3 is 20.1 Å². The quantitative estimate of drug-likeness (QED) is 0.279. The van der Waals surface area contributed by atoms with Crippen LogP contribution < -0.4 is 15.4 Å². The van der Waals surface area contributed by atoms with E-state index in [2.05, 4.69) is 25.1 Å². The minimum absolute atomic E-state index is 0.172. The Hall–Kier alpha value is -2.45. The average molecular weight is 389 g/mol. The monoisotopic (exact) mass is 389 g/mol. The first-order valence-corrected chi connectivity index (χ1v) is 8.64. The van der Waals surface area contributed by atoms with Crippen LogP contribution in [-0.2, 0) is 16.1 Å². The van der Waals surface area contributed by atoms with Gasteiger partial charge in [-0.1, -0.05) is 18.6 Å². The zero-order valence-electron chi connectivity index (χ0n) is 15.6. The topological polar surface area (TPSA) is 72.0 Å². The molecule has 0 bridgehead atoms. The molecule has 0 radical (unpaired) electrons. The second kappa shape index (κ2) is 12.0. The van der Waals surface area contributed by atoms with Crippen LogP contribution in [0.4, 0.5) is 13.2 Å². The standard InChI is InChI=1S/C18H26F3N3O3/c1-22-17(23-11-5-3-4-6-16(25)26-2)24-12-14-7-9-15(10-8-14)27-13-18(19,20)21/h7-10H,3-6,11-13H2,1-2H3,(H2,22,23,24). The molecule has 0 unspecified atom stereocenters. The minimum Gasteiger partial charge on any atom is -0.484 e. The lowest BCUT2D eigenvalue weighted by Gasteiger charge is -2.13. The van der Waals surface area contributed by atoms with Crippen LogP contribution in [0.5, 0.6) is 5.75 Å². The normalized spacial score (nSPS) is 11.8. The van der Waals surface area contributed by atoms with Crippen LogP contribution in [0, 0.1) is 0 Å². The van der Waals surface area contributed by atoms with Crippen molar-refractivity contribution in [2.24, 2.45) is 4.99 Å². The van der Waals surface area contributed by atoms with Crippen molar-refractivity contribution in [3.63, 3.8) is 0 Å². The molecule has 0 aliphatic rings. The number of guanidine groups is 1. The number of nitrogens with zero attached hydrogens (tertiary/aromatic N) is 1. The third-order valence-corrected chi connectivity index (χ3v) is 3.59. The highest BCUT2D eigenvalue weighted by Gasteiger charge is 2.28. The molecule has 1 aromatic rings. The van der Waals surface area contributed by atoms with Crippen molar-refractivity contribution in [2.45, 2.75) is 38.4 Å². The summed E-state index contributed by atoms with van der Waals surface area (Å²) in [6.07, 6.45) is -1.35. The summed E-state index contributed by atoms with van der Waals surface area (Å²) in [6, 6.07) is 6.39. The summed E-state index contributed by atoms with van der Waals surface area (Å²) >= 11 is 0. The molecule has 152 valence electrons. The molecule has 0 saturated carbocycles. The van der Waals surface area contributed by atoms with Crippen molar-refractivity contribution in [3.05, 3.63) is 29.8 Å². The molecule has 0 aromatic heterocycles. The molecule has 0 atom stereocenters. The van der Waals surface area contributed by atoms with E-state index in [9.17, 15) is 18.0 Å². The fourth-order valence-electron chi connectivity index (χ4n) is 2.16. The predicted molar refractivity (Wildman–Crippen MR) is 96.7 cm³/mol. The number of halogens is 3. The third kappa shape index (κ3) is 11.0. The highest BCUT2D eigenvalue weighted by Crippen LogP contribution is 2.18. The Balaban J connectivity index is 2.25. The Morgan fingerprint density at radius 1 is 1.11 bits per heavy atom. The Kier molecular flexibility index (Phi) is 10.1. The van der Waals surface area contributed by atoms with Crippen molar-refractivity contribution in [2.75, 3.05) is 27.3 Å². The van der Waals surface area contributed by atoms with Gasteiger partial charge in [-0.15, -0.1) is 0 Å². The van der Waals surface area contributed by atoms with E-state index in [0.29, 0.717) is 25.5 Å². The number of carbonyl (C=O) groups is 1. The molecule has 0 heterocycles. The number of hydrogen-bond acceptors (Lipinski definition) is 4. The molecule has 0 saturated heterocycles. The summed E-state index contributed by atoms with van der Waals surface area (Å²) in [4.78, 5) is 15.1.